The van der Waals surface area contributed by atoms with Crippen LogP contribution in [0.5, 0.6) is 11.5 Å². The number of morpholine rings is 1. The lowest BCUT2D eigenvalue weighted by Crippen LogP contribution is -2.36. The van der Waals surface area contributed by atoms with Crippen molar-refractivity contribution in [1.82, 2.24) is 4.90 Å². The van der Waals surface area contributed by atoms with Crippen LogP contribution in [-0.4, -0.2) is 51.5 Å². The summed E-state index contributed by atoms with van der Waals surface area (Å²) in [6.07, 6.45) is 0. The maximum absolute atomic E-state index is 5.58. The predicted octanol–water partition coefficient (Wildman–Crippen LogP) is 1.83. The highest BCUT2D eigenvalue weighted by Crippen LogP contribution is 2.25. The van der Waals surface area contributed by atoms with E-state index in [1.165, 1.54) is 0 Å². The minimum absolute atomic E-state index is 0. The maximum Gasteiger partial charge on any atom is 0.162 e. The quantitative estimate of drug-likeness (QED) is 0.794. The number of halogens is 1. The molecule has 0 saturated carbocycles. The van der Waals surface area contributed by atoms with Gasteiger partial charge in [-0.05, 0) is 12.1 Å². The number of benzene rings is 1. The number of rotatable bonds is 4. The van der Waals surface area contributed by atoms with Crippen molar-refractivity contribution < 1.29 is 14.2 Å². The molecule has 0 unspecified atom stereocenters. The summed E-state index contributed by atoms with van der Waals surface area (Å²) in [4.78, 5) is 2.28. The average Bonchev–Trinajstić information content (AvgIpc) is 2.48. The minimum Gasteiger partial charge on any atom is -0.493 e. The fourth-order valence-electron chi connectivity index (χ4n) is 1.83. The van der Waals surface area contributed by atoms with Crippen molar-refractivity contribution in [3.8, 4) is 23.3 Å². The second-order valence-electron chi connectivity index (χ2n) is 4.18. The molecule has 0 radical (unpaired) electrons. The van der Waals surface area contributed by atoms with Crippen LogP contribution < -0.4 is 9.47 Å². The molecule has 0 amide bonds. The SMILES string of the molecule is COc1ccccc1OCC#CCN1CCOCC1.Cl. The molecule has 1 aromatic carbocycles. The number of hydrogen-bond acceptors (Lipinski definition) is 4. The van der Waals surface area contributed by atoms with Crippen LogP contribution in [0, 0.1) is 11.8 Å². The zero-order valence-corrected chi connectivity index (χ0v) is 12.4. The predicted molar refractivity (Wildman–Crippen MR) is 80.8 cm³/mol. The first-order valence-electron chi connectivity index (χ1n) is 6.42. The third kappa shape index (κ3) is 5.30. The summed E-state index contributed by atoms with van der Waals surface area (Å²) in [7, 11) is 1.63. The standard InChI is InChI=1S/C15H19NO3.ClH/c1-17-14-6-2-3-7-15(14)19-11-5-4-8-16-9-12-18-13-10-16;/h2-3,6-7H,8-13H2,1H3;1H. The van der Waals surface area contributed by atoms with Crippen molar-refractivity contribution in [2.24, 2.45) is 0 Å². The number of nitrogens with zero attached hydrogens (tertiary/aromatic N) is 1. The highest BCUT2D eigenvalue weighted by Gasteiger charge is 2.07. The van der Waals surface area contributed by atoms with Crippen molar-refractivity contribution in [2.75, 3.05) is 46.6 Å². The molecular formula is C15H20ClNO3. The molecule has 0 aliphatic carbocycles. The van der Waals surface area contributed by atoms with Crippen LogP contribution in [0.2, 0.25) is 0 Å². The Kier molecular flexibility index (Phi) is 7.89. The van der Waals surface area contributed by atoms with Crippen molar-refractivity contribution >= 4 is 12.4 Å². The minimum atomic E-state index is 0. The Labute approximate surface area is 126 Å². The van der Waals surface area contributed by atoms with Gasteiger partial charge >= 0.3 is 0 Å². The lowest BCUT2D eigenvalue weighted by molar-refractivity contribution is 0.0443. The molecule has 1 saturated heterocycles. The van der Waals surface area contributed by atoms with Gasteiger partial charge in [-0.15, -0.1) is 12.4 Å². The summed E-state index contributed by atoms with van der Waals surface area (Å²) in [6.45, 7) is 4.69. The Hall–Kier alpha value is -1.41. The molecule has 4 nitrogen and oxygen atoms in total. The van der Waals surface area contributed by atoms with Crippen molar-refractivity contribution in [1.29, 1.82) is 0 Å². The molecule has 0 aromatic heterocycles. The van der Waals surface area contributed by atoms with Crippen molar-refractivity contribution in [3.63, 3.8) is 0 Å². The van der Waals surface area contributed by atoms with Gasteiger partial charge in [-0.3, -0.25) is 4.90 Å². The van der Waals surface area contributed by atoms with Crippen LogP contribution in [0.25, 0.3) is 0 Å². The molecule has 110 valence electrons. The van der Waals surface area contributed by atoms with Crippen LogP contribution in [0.15, 0.2) is 24.3 Å². The fraction of sp³-hybridized carbons (Fsp3) is 0.467. The molecule has 2 rings (SSSR count). The molecule has 0 atom stereocenters. The van der Waals surface area contributed by atoms with E-state index < -0.39 is 0 Å². The van der Waals surface area contributed by atoms with Gasteiger partial charge in [-0.25, -0.2) is 0 Å². The second-order valence-corrected chi connectivity index (χ2v) is 4.18. The van der Waals surface area contributed by atoms with Crippen LogP contribution >= 0.6 is 12.4 Å². The van der Waals surface area contributed by atoms with Crippen LogP contribution in [0.4, 0.5) is 0 Å². The van der Waals surface area contributed by atoms with E-state index in [4.69, 9.17) is 14.2 Å². The maximum atomic E-state index is 5.58. The Bertz CT molecular complexity index is 450. The van der Waals surface area contributed by atoms with E-state index in [-0.39, 0.29) is 12.4 Å². The highest BCUT2D eigenvalue weighted by molar-refractivity contribution is 5.85. The lowest BCUT2D eigenvalue weighted by atomic mass is 10.3. The fourth-order valence-corrected chi connectivity index (χ4v) is 1.83. The van der Waals surface area contributed by atoms with Crippen LogP contribution in [-0.2, 0) is 4.74 Å². The molecule has 1 fully saturated rings. The van der Waals surface area contributed by atoms with Gasteiger partial charge in [0.05, 0.1) is 26.9 Å². The van der Waals surface area contributed by atoms with E-state index in [1.54, 1.807) is 7.11 Å². The number of para-hydroxylation sites is 2. The summed E-state index contributed by atoms with van der Waals surface area (Å²) in [6, 6.07) is 7.58. The molecular weight excluding hydrogens is 278 g/mol. The molecule has 0 N–H and O–H groups in total. The third-order valence-electron chi connectivity index (χ3n) is 2.90. The summed E-state index contributed by atoms with van der Waals surface area (Å²) in [5.41, 5.74) is 0. The Morgan fingerprint density at radius 3 is 2.55 bits per heavy atom. The highest BCUT2D eigenvalue weighted by atomic mass is 35.5. The van der Waals surface area contributed by atoms with Crippen LogP contribution in [0.3, 0.4) is 0 Å². The molecule has 20 heavy (non-hydrogen) atoms. The summed E-state index contributed by atoms with van der Waals surface area (Å²) in [5, 5.41) is 0. The number of hydrogen-bond donors (Lipinski definition) is 0. The first kappa shape index (κ1) is 16.6. The van der Waals surface area contributed by atoms with Gasteiger partial charge in [-0.1, -0.05) is 24.0 Å². The largest absolute Gasteiger partial charge is 0.493 e. The van der Waals surface area contributed by atoms with Gasteiger partial charge < -0.3 is 14.2 Å². The average molecular weight is 298 g/mol. The van der Waals surface area contributed by atoms with Crippen molar-refractivity contribution in [2.45, 2.75) is 0 Å². The normalized spacial score (nSPS) is 14.7. The number of methoxy groups -OCH3 is 1. The molecule has 0 bridgehead atoms. The van der Waals surface area contributed by atoms with E-state index in [0.717, 1.165) is 44.3 Å². The Morgan fingerprint density at radius 1 is 1.15 bits per heavy atom. The zero-order valence-electron chi connectivity index (χ0n) is 11.6. The van der Waals surface area contributed by atoms with Crippen LogP contribution in [0.1, 0.15) is 0 Å². The molecule has 0 spiro atoms. The topological polar surface area (TPSA) is 30.9 Å². The van der Waals surface area contributed by atoms with E-state index >= 15 is 0 Å². The van der Waals surface area contributed by atoms with E-state index in [9.17, 15) is 0 Å². The first-order valence-corrected chi connectivity index (χ1v) is 6.42. The Morgan fingerprint density at radius 2 is 1.85 bits per heavy atom. The molecule has 5 heteroatoms. The summed E-state index contributed by atoms with van der Waals surface area (Å²) in [5.74, 6) is 7.60. The smallest absolute Gasteiger partial charge is 0.162 e. The van der Waals surface area contributed by atoms with Crippen molar-refractivity contribution in [3.05, 3.63) is 24.3 Å². The molecule has 1 aliphatic rings. The van der Waals surface area contributed by atoms with E-state index in [0.29, 0.717) is 6.61 Å². The Balaban J connectivity index is 0.00000200. The summed E-state index contributed by atoms with van der Waals surface area (Å²) >= 11 is 0. The molecule has 1 heterocycles. The van der Waals surface area contributed by atoms with Gasteiger partial charge in [0.2, 0.25) is 0 Å². The lowest BCUT2D eigenvalue weighted by Gasteiger charge is -2.24. The van der Waals surface area contributed by atoms with E-state index in [1.807, 2.05) is 24.3 Å². The van der Waals surface area contributed by atoms with Gasteiger partial charge in [0.25, 0.3) is 0 Å². The van der Waals surface area contributed by atoms with Gasteiger partial charge in [0, 0.05) is 13.1 Å². The number of ether oxygens (including phenoxy) is 3. The third-order valence-corrected chi connectivity index (χ3v) is 2.90. The first-order chi connectivity index (χ1) is 9.40. The van der Waals surface area contributed by atoms with Gasteiger partial charge in [0.1, 0.15) is 6.61 Å². The van der Waals surface area contributed by atoms with E-state index in [2.05, 4.69) is 16.7 Å². The zero-order chi connectivity index (χ0) is 13.3. The van der Waals surface area contributed by atoms with Gasteiger partial charge in [-0.2, -0.15) is 0 Å². The molecule has 1 aliphatic heterocycles. The second kappa shape index (κ2) is 9.49. The monoisotopic (exact) mass is 297 g/mol. The summed E-state index contributed by atoms with van der Waals surface area (Å²) < 4.78 is 16.1. The van der Waals surface area contributed by atoms with Gasteiger partial charge in [0.15, 0.2) is 11.5 Å². The molecule has 1 aromatic rings.